The van der Waals surface area contributed by atoms with Crippen molar-refractivity contribution in [2.75, 3.05) is 4.90 Å². The first-order valence-electron chi connectivity index (χ1n) is 8.93. The zero-order valence-electron chi connectivity index (χ0n) is 14.9. The van der Waals surface area contributed by atoms with E-state index in [4.69, 9.17) is 4.98 Å². The molecule has 1 aliphatic heterocycles. The molecule has 2 aromatic carbocycles. The average Bonchev–Trinajstić information content (AvgIpc) is 3.20. The smallest absolute Gasteiger partial charge is 0.251 e. The highest BCUT2D eigenvalue weighted by Crippen LogP contribution is 2.32. The van der Waals surface area contributed by atoms with Crippen molar-refractivity contribution in [1.29, 1.82) is 0 Å². The number of benzene rings is 2. The number of pyridine rings is 1. The maximum absolute atomic E-state index is 4.84. The molecule has 0 N–H and O–H groups in total. The molecule has 3 heterocycles. The van der Waals surface area contributed by atoms with Crippen LogP contribution < -0.4 is 4.90 Å². The summed E-state index contributed by atoms with van der Waals surface area (Å²) >= 11 is 0. The Kier molecular flexibility index (Phi) is 3.67. The van der Waals surface area contributed by atoms with Crippen molar-refractivity contribution in [1.82, 2.24) is 25.2 Å². The molecule has 0 fully saturated rings. The number of rotatable bonds is 3. The maximum atomic E-state index is 4.84. The second-order valence-corrected chi connectivity index (χ2v) is 6.68. The molecule has 2 aromatic heterocycles. The van der Waals surface area contributed by atoms with Crippen LogP contribution in [0.1, 0.15) is 24.2 Å². The molecule has 1 aliphatic rings. The minimum absolute atomic E-state index is 0.119. The van der Waals surface area contributed by atoms with Crippen LogP contribution in [0.3, 0.4) is 0 Å². The fourth-order valence-corrected chi connectivity index (χ4v) is 3.51. The molecule has 0 saturated carbocycles. The van der Waals surface area contributed by atoms with Gasteiger partial charge in [-0.05, 0) is 41.1 Å². The van der Waals surface area contributed by atoms with Gasteiger partial charge in [0, 0.05) is 11.1 Å². The van der Waals surface area contributed by atoms with Crippen molar-refractivity contribution < 1.29 is 0 Å². The highest BCUT2D eigenvalue weighted by molar-refractivity contribution is 5.78. The molecule has 132 valence electrons. The first-order chi connectivity index (χ1) is 13.3. The molecule has 6 nitrogen and oxygen atoms in total. The van der Waals surface area contributed by atoms with E-state index < -0.39 is 0 Å². The van der Waals surface area contributed by atoms with E-state index in [1.165, 1.54) is 5.56 Å². The molecule has 1 atom stereocenters. The molecular weight excluding hydrogens is 336 g/mol. The van der Waals surface area contributed by atoms with Crippen LogP contribution >= 0.6 is 0 Å². The molecule has 0 spiro atoms. The number of para-hydroxylation sites is 1. The normalized spacial score (nSPS) is 16.3. The van der Waals surface area contributed by atoms with Gasteiger partial charge in [0.25, 0.3) is 5.95 Å². The molecular formula is C21H18N6. The fourth-order valence-electron chi connectivity index (χ4n) is 3.51. The Labute approximate surface area is 156 Å². The Morgan fingerprint density at radius 3 is 2.63 bits per heavy atom. The van der Waals surface area contributed by atoms with Crippen LogP contribution in [0.25, 0.3) is 10.9 Å². The summed E-state index contributed by atoms with van der Waals surface area (Å²) in [5.74, 6) is 0.735. The maximum Gasteiger partial charge on any atom is 0.251 e. The number of anilines is 1. The first-order valence-corrected chi connectivity index (χ1v) is 8.93. The minimum Gasteiger partial charge on any atom is -0.309 e. The van der Waals surface area contributed by atoms with E-state index in [0.717, 1.165) is 34.8 Å². The van der Waals surface area contributed by atoms with E-state index in [1.807, 2.05) is 41.1 Å². The van der Waals surface area contributed by atoms with Gasteiger partial charge in [0.2, 0.25) is 0 Å². The van der Waals surface area contributed by atoms with Crippen molar-refractivity contribution in [3.63, 3.8) is 0 Å². The topological polar surface area (TPSA) is 59.7 Å². The number of fused-ring (bicyclic) bond motifs is 2. The Morgan fingerprint density at radius 1 is 0.926 bits per heavy atom. The van der Waals surface area contributed by atoms with Gasteiger partial charge in [-0.15, -0.1) is 0 Å². The van der Waals surface area contributed by atoms with Crippen LogP contribution in [0.5, 0.6) is 0 Å². The SMILES string of the molecule is CC1=CC(c2ccc3ccccc3n2)n2nnnc2N1Cc1ccccc1. The fraction of sp³-hybridized carbons (Fsp3) is 0.143. The molecule has 4 aromatic rings. The predicted molar refractivity (Wildman–Crippen MR) is 104 cm³/mol. The lowest BCUT2D eigenvalue weighted by atomic mass is 10.1. The van der Waals surface area contributed by atoms with Gasteiger partial charge in [-0.3, -0.25) is 4.98 Å². The van der Waals surface area contributed by atoms with Crippen LogP contribution in [0.15, 0.2) is 78.5 Å². The van der Waals surface area contributed by atoms with Crippen LogP contribution in [-0.2, 0) is 6.54 Å². The number of nitrogens with zero attached hydrogens (tertiary/aromatic N) is 6. The van der Waals surface area contributed by atoms with Gasteiger partial charge < -0.3 is 4.90 Å². The predicted octanol–water partition coefficient (Wildman–Crippen LogP) is 3.73. The number of hydrogen-bond donors (Lipinski definition) is 0. The van der Waals surface area contributed by atoms with Crippen LogP contribution in [0.2, 0.25) is 0 Å². The third kappa shape index (κ3) is 2.75. The van der Waals surface area contributed by atoms with Crippen molar-refractivity contribution in [3.05, 3.63) is 89.8 Å². The third-order valence-corrected chi connectivity index (χ3v) is 4.91. The molecule has 6 heteroatoms. The highest BCUT2D eigenvalue weighted by atomic mass is 15.6. The van der Waals surface area contributed by atoms with Gasteiger partial charge in [0.1, 0.15) is 6.04 Å². The Morgan fingerprint density at radius 2 is 1.74 bits per heavy atom. The Hall–Kier alpha value is -3.54. The Bertz CT molecular complexity index is 1130. The van der Waals surface area contributed by atoms with Crippen molar-refractivity contribution in [2.45, 2.75) is 19.5 Å². The summed E-state index contributed by atoms with van der Waals surface area (Å²) in [4.78, 5) is 6.97. The molecule has 0 aliphatic carbocycles. The van der Waals surface area contributed by atoms with Crippen molar-refractivity contribution in [3.8, 4) is 0 Å². The van der Waals surface area contributed by atoms with Crippen molar-refractivity contribution in [2.24, 2.45) is 0 Å². The van der Waals surface area contributed by atoms with E-state index in [1.54, 1.807) is 0 Å². The van der Waals surface area contributed by atoms with Gasteiger partial charge in [0.05, 0.1) is 17.8 Å². The van der Waals surface area contributed by atoms with Crippen LogP contribution in [0, 0.1) is 0 Å². The number of aromatic nitrogens is 5. The standard InChI is InChI=1S/C21H18N6/c1-15-13-20(19-12-11-17-9-5-6-10-18(17)22-19)27-21(23-24-25-27)26(15)14-16-7-3-2-4-8-16/h2-13,20H,14H2,1H3. The molecule has 0 saturated heterocycles. The summed E-state index contributed by atoms with van der Waals surface area (Å²) in [6.07, 6.45) is 2.17. The highest BCUT2D eigenvalue weighted by Gasteiger charge is 2.29. The van der Waals surface area contributed by atoms with E-state index in [2.05, 4.69) is 63.8 Å². The molecule has 0 radical (unpaired) electrons. The lowest BCUT2D eigenvalue weighted by Gasteiger charge is -2.30. The van der Waals surface area contributed by atoms with Gasteiger partial charge in [-0.1, -0.05) is 59.7 Å². The average molecular weight is 354 g/mol. The lowest BCUT2D eigenvalue weighted by molar-refractivity contribution is 0.550. The number of allylic oxidation sites excluding steroid dienone is 2. The van der Waals surface area contributed by atoms with Gasteiger partial charge in [-0.25, -0.2) is 0 Å². The second kappa shape index (κ2) is 6.32. The van der Waals surface area contributed by atoms with Gasteiger partial charge in [-0.2, -0.15) is 4.68 Å². The zero-order chi connectivity index (χ0) is 18.2. The van der Waals surface area contributed by atoms with Gasteiger partial charge >= 0.3 is 0 Å². The number of hydrogen-bond acceptors (Lipinski definition) is 5. The summed E-state index contributed by atoms with van der Waals surface area (Å²) < 4.78 is 1.84. The largest absolute Gasteiger partial charge is 0.309 e. The minimum atomic E-state index is -0.119. The first kappa shape index (κ1) is 15.7. The summed E-state index contributed by atoms with van der Waals surface area (Å²) in [6.45, 7) is 2.82. The van der Waals surface area contributed by atoms with E-state index in [9.17, 15) is 0 Å². The molecule has 0 bridgehead atoms. The zero-order valence-corrected chi connectivity index (χ0v) is 14.9. The second-order valence-electron chi connectivity index (χ2n) is 6.68. The van der Waals surface area contributed by atoms with Crippen LogP contribution in [-0.4, -0.2) is 25.2 Å². The van der Waals surface area contributed by atoms with E-state index in [-0.39, 0.29) is 6.04 Å². The van der Waals surface area contributed by atoms with E-state index in [0.29, 0.717) is 0 Å². The molecule has 5 rings (SSSR count). The monoisotopic (exact) mass is 354 g/mol. The summed E-state index contributed by atoms with van der Waals surface area (Å²) in [6, 6.07) is 22.5. The summed E-state index contributed by atoms with van der Waals surface area (Å²) in [5, 5.41) is 13.6. The van der Waals surface area contributed by atoms with E-state index >= 15 is 0 Å². The number of tetrazole rings is 1. The molecule has 27 heavy (non-hydrogen) atoms. The molecule has 0 amide bonds. The van der Waals surface area contributed by atoms with Crippen molar-refractivity contribution >= 4 is 16.9 Å². The van der Waals surface area contributed by atoms with Gasteiger partial charge in [0.15, 0.2) is 0 Å². The van der Waals surface area contributed by atoms with Crippen LogP contribution in [0.4, 0.5) is 5.95 Å². The summed E-state index contributed by atoms with van der Waals surface area (Å²) in [7, 11) is 0. The molecule has 1 unspecified atom stereocenters. The quantitative estimate of drug-likeness (QED) is 0.561. The third-order valence-electron chi connectivity index (χ3n) is 4.91. The Balaban J connectivity index is 1.55. The lowest BCUT2D eigenvalue weighted by Crippen LogP contribution is -2.31. The summed E-state index contributed by atoms with van der Waals surface area (Å²) in [5.41, 5.74) is 4.23.